The molecule has 29 heavy (non-hydrogen) atoms. The number of hydrogen-bond donors (Lipinski definition) is 1. The van der Waals surface area contributed by atoms with Crippen LogP contribution in [0.5, 0.6) is 0 Å². The van der Waals surface area contributed by atoms with Crippen molar-refractivity contribution < 1.29 is 17.9 Å². The van der Waals surface area contributed by atoms with E-state index in [1.807, 2.05) is 0 Å². The number of nitrogens with one attached hydrogen (secondary N) is 1. The minimum Gasteiger partial charge on any atom is -0.376 e. The van der Waals surface area contributed by atoms with Crippen LogP contribution in [0.15, 0.2) is 47.4 Å². The maximum atomic E-state index is 13.1. The van der Waals surface area contributed by atoms with Crippen molar-refractivity contribution in [2.45, 2.75) is 36.7 Å². The summed E-state index contributed by atoms with van der Waals surface area (Å²) < 4.78 is 33.2. The monoisotopic (exact) mass is 434 g/mol. The Labute approximate surface area is 175 Å². The van der Waals surface area contributed by atoms with Crippen LogP contribution < -0.4 is 9.62 Å². The summed E-state index contributed by atoms with van der Waals surface area (Å²) in [7, 11) is -3.69. The molecule has 1 atom stereocenters. The molecule has 0 saturated carbocycles. The van der Waals surface area contributed by atoms with Crippen molar-refractivity contribution in [1.29, 1.82) is 0 Å². The van der Waals surface area contributed by atoms with Crippen molar-refractivity contribution in [1.82, 2.24) is 5.32 Å². The first-order valence-electron chi connectivity index (χ1n) is 9.76. The van der Waals surface area contributed by atoms with Gasteiger partial charge in [0.05, 0.1) is 16.7 Å². The lowest BCUT2D eigenvalue weighted by Gasteiger charge is -2.30. The zero-order valence-corrected chi connectivity index (χ0v) is 17.5. The Morgan fingerprint density at radius 2 is 1.97 bits per heavy atom. The lowest BCUT2D eigenvalue weighted by Crippen LogP contribution is -2.36. The molecule has 1 amide bonds. The van der Waals surface area contributed by atoms with Crippen LogP contribution in [-0.4, -0.2) is 40.1 Å². The van der Waals surface area contributed by atoms with Gasteiger partial charge in [-0.05, 0) is 73.7 Å². The summed E-state index contributed by atoms with van der Waals surface area (Å²) in [6, 6.07) is 11.4. The van der Waals surface area contributed by atoms with Crippen molar-refractivity contribution in [2.75, 3.05) is 24.0 Å². The molecule has 2 aromatic carbocycles. The standard InChI is InChI=1S/C21H23ClN2O4S/c22-17-6-8-19(9-7-17)29(26,27)24-11-1-3-15-13-16(5-10-20(15)24)21(25)23-14-18-4-2-12-28-18/h5-10,13,18H,1-4,11-12,14H2,(H,23,25)/t18-/m1/s1. The number of sulfonamides is 1. The van der Waals surface area contributed by atoms with Gasteiger partial charge in [-0.3, -0.25) is 9.10 Å². The van der Waals surface area contributed by atoms with Crippen LogP contribution in [0.1, 0.15) is 35.2 Å². The van der Waals surface area contributed by atoms with Gasteiger partial charge in [0.2, 0.25) is 0 Å². The molecule has 0 spiro atoms. The third-order valence-electron chi connectivity index (χ3n) is 5.33. The first-order chi connectivity index (χ1) is 13.9. The molecule has 0 unspecified atom stereocenters. The smallest absolute Gasteiger partial charge is 0.264 e. The number of ether oxygens (including phenoxy) is 1. The molecule has 2 aromatic rings. The average molecular weight is 435 g/mol. The highest BCUT2D eigenvalue weighted by molar-refractivity contribution is 7.92. The third kappa shape index (κ3) is 4.27. The maximum absolute atomic E-state index is 13.1. The number of benzene rings is 2. The van der Waals surface area contributed by atoms with Gasteiger partial charge in [0.1, 0.15) is 0 Å². The van der Waals surface area contributed by atoms with Gasteiger partial charge in [-0.1, -0.05) is 11.6 Å². The van der Waals surface area contributed by atoms with Crippen LogP contribution in [0.4, 0.5) is 5.69 Å². The summed E-state index contributed by atoms with van der Waals surface area (Å²) in [5, 5.41) is 3.40. The van der Waals surface area contributed by atoms with Crippen molar-refractivity contribution >= 4 is 33.2 Å². The summed E-state index contributed by atoms with van der Waals surface area (Å²) in [5.41, 5.74) is 2.02. The number of aryl methyl sites for hydroxylation is 1. The Morgan fingerprint density at radius 3 is 2.69 bits per heavy atom. The van der Waals surface area contributed by atoms with Gasteiger partial charge < -0.3 is 10.1 Å². The van der Waals surface area contributed by atoms with E-state index in [0.29, 0.717) is 35.8 Å². The van der Waals surface area contributed by atoms with Crippen LogP contribution in [0.2, 0.25) is 5.02 Å². The summed E-state index contributed by atoms with van der Waals surface area (Å²) >= 11 is 5.89. The van der Waals surface area contributed by atoms with Gasteiger partial charge in [0, 0.05) is 30.3 Å². The fourth-order valence-corrected chi connectivity index (χ4v) is 5.47. The Morgan fingerprint density at radius 1 is 1.17 bits per heavy atom. The minimum atomic E-state index is -3.69. The van der Waals surface area contributed by atoms with Gasteiger partial charge in [0.25, 0.3) is 15.9 Å². The molecule has 0 bridgehead atoms. The fraction of sp³-hybridized carbons (Fsp3) is 0.381. The number of anilines is 1. The van der Waals surface area contributed by atoms with Gasteiger partial charge in [-0.2, -0.15) is 0 Å². The van der Waals surface area contributed by atoms with E-state index >= 15 is 0 Å². The van der Waals surface area contributed by atoms with Gasteiger partial charge in [0.15, 0.2) is 0 Å². The Balaban J connectivity index is 1.55. The van der Waals surface area contributed by atoms with Crippen molar-refractivity contribution in [3.05, 3.63) is 58.6 Å². The zero-order chi connectivity index (χ0) is 20.4. The second-order valence-corrected chi connectivity index (χ2v) is 9.62. The van der Waals surface area contributed by atoms with E-state index in [-0.39, 0.29) is 16.9 Å². The Bertz CT molecular complexity index is 1000. The van der Waals surface area contributed by atoms with Crippen LogP contribution in [-0.2, 0) is 21.2 Å². The van der Waals surface area contributed by atoms with E-state index in [9.17, 15) is 13.2 Å². The number of carbonyl (C=O) groups is 1. The van der Waals surface area contributed by atoms with E-state index in [1.165, 1.54) is 16.4 Å². The second-order valence-electron chi connectivity index (χ2n) is 7.32. The van der Waals surface area contributed by atoms with Gasteiger partial charge in [-0.15, -0.1) is 0 Å². The maximum Gasteiger partial charge on any atom is 0.264 e. The summed E-state index contributed by atoms with van der Waals surface area (Å²) in [5.74, 6) is -0.166. The quantitative estimate of drug-likeness (QED) is 0.782. The molecule has 8 heteroatoms. The average Bonchev–Trinajstić information content (AvgIpc) is 3.25. The number of amides is 1. The van der Waals surface area contributed by atoms with Crippen molar-refractivity contribution in [3.8, 4) is 0 Å². The number of carbonyl (C=O) groups excluding carboxylic acids is 1. The molecule has 154 valence electrons. The minimum absolute atomic E-state index is 0.0802. The van der Waals surface area contributed by atoms with Crippen LogP contribution >= 0.6 is 11.6 Å². The molecule has 0 aliphatic carbocycles. The van der Waals surface area contributed by atoms with E-state index in [0.717, 1.165) is 31.4 Å². The highest BCUT2D eigenvalue weighted by atomic mass is 35.5. The predicted molar refractivity (Wildman–Crippen MR) is 112 cm³/mol. The molecule has 2 aliphatic heterocycles. The van der Waals surface area contributed by atoms with E-state index in [2.05, 4.69) is 5.32 Å². The molecule has 1 saturated heterocycles. The number of halogens is 1. The largest absolute Gasteiger partial charge is 0.376 e. The lowest BCUT2D eigenvalue weighted by atomic mass is 10.0. The number of nitrogens with zero attached hydrogens (tertiary/aromatic N) is 1. The normalized spacial score (nSPS) is 19.1. The molecule has 0 radical (unpaired) electrons. The lowest BCUT2D eigenvalue weighted by molar-refractivity contribution is 0.0857. The first-order valence-corrected chi connectivity index (χ1v) is 11.6. The predicted octanol–water partition coefficient (Wildman–Crippen LogP) is 3.39. The molecule has 0 aromatic heterocycles. The zero-order valence-electron chi connectivity index (χ0n) is 15.9. The highest BCUT2D eigenvalue weighted by Crippen LogP contribution is 2.33. The second kappa shape index (κ2) is 8.34. The summed E-state index contributed by atoms with van der Waals surface area (Å²) in [6.07, 6.45) is 3.49. The molecular weight excluding hydrogens is 412 g/mol. The van der Waals surface area contributed by atoms with E-state index < -0.39 is 10.0 Å². The Kier molecular flexibility index (Phi) is 5.81. The molecule has 6 nitrogen and oxygen atoms in total. The van der Waals surface area contributed by atoms with Crippen LogP contribution in [0.25, 0.3) is 0 Å². The van der Waals surface area contributed by atoms with Crippen LogP contribution in [0, 0.1) is 0 Å². The van der Waals surface area contributed by atoms with E-state index in [1.54, 1.807) is 30.3 Å². The number of rotatable bonds is 5. The third-order valence-corrected chi connectivity index (χ3v) is 7.41. The molecule has 2 aliphatic rings. The molecule has 2 heterocycles. The van der Waals surface area contributed by atoms with E-state index in [4.69, 9.17) is 16.3 Å². The number of hydrogen-bond acceptors (Lipinski definition) is 4. The molecule has 1 fully saturated rings. The van der Waals surface area contributed by atoms with Gasteiger partial charge >= 0.3 is 0 Å². The summed E-state index contributed by atoms with van der Waals surface area (Å²) in [6.45, 7) is 1.65. The van der Waals surface area contributed by atoms with Gasteiger partial charge in [-0.25, -0.2) is 8.42 Å². The molecule has 1 N–H and O–H groups in total. The number of fused-ring (bicyclic) bond motifs is 1. The Hall–Kier alpha value is -2.09. The fourth-order valence-electron chi connectivity index (χ4n) is 3.80. The molecule has 4 rings (SSSR count). The SMILES string of the molecule is O=C(NC[C@H]1CCCO1)c1ccc2c(c1)CCCN2S(=O)(=O)c1ccc(Cl)cc1. The van der Waals surface area contributed by atoms with Crippen molar-refractivity contribution in [2.24, 2.45) is 0 Å². The van der Waals surface area contributed by atoms with Crippen molar-refractivity contribution in [3.63, 3.8) is 0 Å². The van der Waals surface area contributed by atoms with Crippen LogP contribution in [0.3, 0.4) is 0 Å². The first kappa shape index (κ1) is 20.2. The topological polar surface area (TPSA) is 75.7 Å². The highest BCUT2D eigenvalue weighted by Gasteiger charge is 2.29. The summed E-state index contributed by atoms with van der Waals surface area (Å²) in [4.78, 5) is 12.7. The molecular formula is C21H23ClN2O4S.